The van der Waals surface area contributed by atoms with Crippen LogP contribution in [0.5, 0.6) is 0 Å². The Morgan fingerprint density at radius 3 is 2.76 bits per heavy atom. The Morgan fingerprint density at radius 2 is 1.88 bits per heavy atom. The number of amides is 1. The second-order valence-electron chi connectivity index (χ2n) is 8.28. The molecule has 4 rings (SSSR count). The Hall–Kier alpha value is -1.35. The van der Waals surface area contributed by atoms with Gasteiger partial charge in [-0.1, -0.05) is 36.8 Å². The monoisotopic (exact) mass is 341 g/mol. The Labute approximate surface area is 151 Å². The predicted octanol–water partition coefficient (Wildman–Crippen LogP) is 3.97. The van der Waals surface area contributed by atoms with Crippen LogP contribution in [0.4, 0.5) is 0 Å². The molecule has 3 fully saturated rings. The van der Waals surface area contributed by atoms with Gasteiger partial charge in [0.15, 0.2) is 0 Å². The summed E-state index contributed by atoms with van der Waals surface area (Å²) >= 11 is 0. The number of carbonyl (C=O) groups excluding carboxylic acids is 1. The van der Waals surface area contributed by atoms with Gasteiger partial charge in [0.25, 0.3) is 0 Å². The molecule has 0 aliphatic heterocycles. The summed E-state index contributed by atoms with van der Waals surface area (Å²) in [6.45, 7) is 1.42. The minimum absolute atomic E-state index is 0.235. The minimum atomic E-state index is 0.235. The van der Waals surface area contributed by atoms with Gasteiger partial charge in [0.05, 0.1) is 6.61 Å². The summed E-state index contributed by atoms with van der Waals surface area (Å²) in [6.07, 6.45) is 9.28. The zero-order chi connectivity index (χ0) is 17.1. The SMILES string of the molecule is O=C(CCCOCCc1ccccc1)NC1CC2CC1C1CCCC21. The van der Waals surface area contributed by atoms with Gasteiger partial charge in [0, 0.05) is 19.1 Å². The lowest BCUT2D eigenvalue weighted by Gasteiger charge is -2.32. The number of nitrogens with one attached hydrogen (secondary N) is 1. The molecule has 5 atom stereocenters. The molecule has 136 valence electrons. The fourth-order valence-electron chi connectivity index (χ4n) is 5.78. The highest BCUT2D eigenvalue weighted by molar-refractivity contribution is 5.76. The lowest BCUT2D eigenvalue weighted by Crippen LogP contribution is -2.42. The van der Waals surface area contributed by atoms with Crippen LogP contribution in [0.15, 0.2) is 30.3 Å². The van der Waals surface area contributed by atoms with Crippen LogP contribution in [0.25, 0.3) is 0 Å². The molecule has 0 aromatic heterocycles. The van der Waals surface area contributed by atoms with Crippen molar-refractivity contribution >= 4 is 5.91 Å². The van der Waals surface area contributed by atoms with E-state index in [4.69, 9.17) is 4.74 Å². The third-order valence-electron chi connectivity index (χ3n) is 6.85. The first kappa shape index (κ1) is 17.1. The van der Waals surface area contributed by atoms with E-state index in [0.29, 0.717) is 19.1 Å². The summed E-state index contributed by atoms with van der Waals surface area (Å²) in [5.41, 5.74) is 1.31. The van der Waals surface area contributed by atoms with Crippen molar-refractivity contribution in [3.63, 3.8) is 0 Å². The van der Waals surface area contributed by atoms with E-state index in [0.717, 1.165) is 43.1 Å². The molecule has 5 unspecified atom stereocenters. The first-order valence-corrected chi connectivity index (χ1v) is 10.2. The van der Waals surface area contributed by atoms with E-state index in [-0.39, 0.29) is 5.91 Å². The molecular formula is C22H31NO2. The average Bonchev–Trinajstić information content (AvgIpc) is 3.32. The summed E-state index contributed by atoms with van der Waals surface area (Å²) in [5.74, 6) is 3.84. The second-order valence-corrected chi connectivity index (χ2v) is 8.28. The average molecular weight is 341 g/mol. The zero-order valence-electron chi connectivity index (χ0n) is 15.2. The molecule has 0 heterocycles. The van der Waals surface area contributed by atoms with Crippen LogP contribution >= 0.6 is 0 Å². The van der Waals surface area contributed by atoms with Crippen molar-refractivity contribution in [1.82, 2.24) is 5.32 Å². The van der Waals surface area contributed by atoms with E-state index >= 15 is 0 Å². The maximum atomic E-state index is 12.3. The largest absolute Gasteiger partial charge is 0.381 e. The van der Waals surface area contributed by atoms with E-state index in [1.807, 2.05) is 6.07 Å². The van der Waals surface area contributed by atoms with Gasteiger partial charge in [0.2, 0.25) is 5.91 Å². The molecule has 2 bridgehead atoms. The Morgan fingerprint density at radius 1 is 1.04 bits per heavy atom. The number of hydrogen-bond acceptors (Lipinski definition) is 2. The zero-order valence-corrected chi connectivity index (χ0v) is 15.2. The van der Waals surface area contributed by atoms with Crippen molar-refractivity contribution in [3.05, 3.63) is 35.9 Å². The molecule has 1 amide bonds. The number of benzene rings is 1. The topological polar surface area (TPSA) is 38.3 Å². The van der Waals surface area contributed by atoms with Crippen LogP contribution in [-0.2, 0) is 16.0 Å². The van der Waals surface area contributed by atoms with Crippen LogP contribution in [-0.4, -0.2) is 25.2 Å². The van der Waals surface area contributed by atoms with Gasteiger partial charge in [-0.05, 0) is 67.8 Å². The number of rotatable bonds is 8. The van der Waals surface area contributed by atoms with Crippen LogP contribution < -0.4 is 5.32 Å². The van der Waals surface area contributed by atoms with Crippen LogP contribution in [0.2, 0.25) is 0 Å². The third kappa shape index (κ3) is 3.92. The lowest BCUT2D eigenvalue weighted by molar-refractivity contribution is -0.122. The summed E-state index contributed by atoms with van der Waals surface area (Å²) in [6, 6.07) is 10.9. The lowest BCUT2D eigenvalue weighted by atomic mass is 9.79. The van der Waals surface area contributed by atoms with Gasteiger partial charge >= 0.3 is 0 Å². The molecule has 3 saturated carbocycles. The van der Waals surface area contributed by atoms with Gasteiger partial charge in [-0.15, -0.1) is 0 Å². The van der Waals surface area contributed by atoms with Gasteiger partial charge in [0.1, 0.15) is 0 Å². The molecule has 1 N–H and O–H groups in total. The molecule has 3 aliphatic rings. The highest BCUT2D eigenvalue weighted by atomic mass is 16.5. The molecule has 0 spiro atoms. The van der Waals surface area contributed by atoms with Crippen molar-refractivity contribution in [2.75, 3.05) is 13.2 Å². The quantitative estimate of drug-likeness (QED) is 0.727. The first-order chi connectivity index (χ1) is 12.3. The van der Waals surface area contributed by atoms with E-state index < -0.39 is 0 Å². The normalized spacial score (nSPS) is 32.7. The van der Waals surface area contributed by atoms with Gasteiger partial charge < -0.3 is 10.1 Å². The maximum Gasteiger partial charge on any atom is 0.220 e. The number of ether oxygens (including phenoxy) is 1. The summed E-state index contributed by atoms with van der Waals surface area (Å²) in [5, 5.41) is 3.35. The Kier molecular flexibility index (Phi) is 5.40. The molecule has 1 aromatic rings. The number of carbonyl (C=O) groups is 1. The summed E-state index contributed by atoms with van der Waals surface area (Å²) in [7, 11) is 0. The van der Waals surface area contributed by atoms with E-state index in [9.17, 15) is 4.79 Å². The molecule has 3 nitrogen and oxygen atoms in total. The molecule has 1 aromatic carbocycles. The fraction of sp³-hybridized carbons (Fsp3) is 0.682. The third-order valence-corrected chi connectivity index (χ3v) is 6.85. The van der Waals surface area contributed by atoms with Crippen molar-refractivity contribution in [3.8, 4) is 0 Å². The second kappa shape index (κ2) is 7.90. The number of hydrogen-bond donors (Lipinski definition) is 1. The highest BCUT2D eigenvalue weighted by Gasteiger charge is 2.53. The number of fused-ring (bicyclic) bond motifs is 5. The van der Waals surface area contributed by atoms with Crippen LogP contribution in [0.1, 0.15) is 50.5 Å². The van der Waals surface area contributed by atoms with E-state index in [1.165, 1.54) is 37.7 Å². The van der Waals surface area contributed by atoms with Gasteiger partial charge in [-0.3, -0.25) is 4.79 Å². The molecule has 3 heteroatoms. The Balaban J connectivity index is 1.09. The Bertz CT molecular complexity index is 573. The van der Waals surface area contributed by atoms with Gasteiger partial charge in [-0.2, -0.15) is 0 Å². The highest BCUT2D eigenvalue weighted by Crippen LogP contribution is 2.58. The molecule has 3 aliphatic carbocycles. The first-order valence-electron chi connectivity index (χ1n) is 10.2. The van der Waals surface area contributed by atoms with Crippen molar-refractivity contribution in [2.45, 2.75) is 57.4 Å². The maximum absolute atomic E-state index is 12.3. The summed E-state index contributed by atoms with van der Waals surface area (Å²) in [4.78, 5) is 12.3. The molecular weight excluding hydrogens is 310 g/mol. The fourth-order valence-corrected chi connectivity index (χ4v) is 5.78. The van der Waals surface area contributed by atoms with Crippen LogP contribution in [0.3, 0.4) is 0 Å². The van der Waals surface area contributed by atoms with Crippen molar-refractivity contribution in [1.29, 1.82) is 0 Å². The minimum Gasteiger partial charge on any atom is -0.381 e. The van der Waals surface area contributed by atoms with E-state index in [2.05, 4.69) is 29.6 Å². The molecule has 0 saturated heterocycles. The predicted molar refractivity (Wildman–Crippen MR) is 99.2 cm³/mol. The van der Waals surface area contributed by atoms with Crippen molar-refractivity contribution < 1.29 is 9.53 Å². The van der Waals surface area contributed by atoms with Crippen molar-refractivity contribution in [2.24, 2.45) is 23.7 Å². The van der Waals surface area contributed by atoms with Gasteiger partial charge in [-0.25, -0.2) is 0 Å². The molecule has 0 radical (unpaired) electrons. The smallest absolute Gasteiger partial charge is 0.220 e. The van der Waals surface area contributed by atoms with E-state index in [1.54, 1.807) is 0 Å². The summed E-state index contributed by atoms with van der Waals surface area (Å²) < 4.78 is 5.68. The standard InChI is InChI=1S/C22H31NO2/c24-22(10-5-12-25-13-11-16-6-2-1-3-7-16)23-21-15-17-14-20(21)19-9-4-8-18(17)19/h1-3,6-7,17-21H,4-5,8-15H2,(H,23,24). The molecule has 25 heavy (non-hydrogen) atoms. The van der Waals surface area contributed by atoms with Crippen LogP contribution in [0, 0.1) is 23.7 Å².